The van der Waals surface area contributed by atoms with E-state index in [4.69, 9.17) is 9.78 Å². The van der Waals surface area contributed by atoms with E-state index < -0.39 is 5.97 Å². The Balaban J connectivity index is 1.82. The lowest BCUT2D eigenvalue weighted by Crippen LogP contribution is -2.27. The van der Waals surface area contributed by atoms with Gasteiger partial charge in [0.25, 0.3) is 0 Å². The number of aryl methyl sites for hydroxylation is 1. The minimum atomic E-state index is -0.404. The smallest absolute Gasteiger partial charge is 0.293 e. The molecule has 1 fully saturated rings. The topological polar surface area (TPSA) is 35.5 Å². The van der Waals surface area contributed by atoms with E-state index in [2.05, 4.69) is 20.8 Å². The first-order valence-electron chi connectivity index (χ1n) is 7.56. The van der Waals surface area contributed by atoms with Gasteiger partial charge < -0.3 is 0 Å². The van der Waals surface area contributed by atoms with E-state index >= 15 is 0 Å². The molecule has 0 radical (unpaired) electrons. The molecule has 110 valence electrons. The molecule has 2 rings (SSSR count). The van der Waals surface area contributed by atoms with Gasteiger partial charge in [-0.15, -0.1) is 0 Å². The predicted molar refractivity (Wildman–Crippen MR) is 78.3 cm³/mol. The van der Waals surface area contributed by atoms with Crippen LogP contribution in [0.2, 0.25) is 0 Å². The molecule has 3 atom stereocenters. The van der Waals surface area contributed by atoms with E-state index in [9.17, 15) is 4.79 Å². The van der Waals surface area contributed by atoms with Crippen LogP contribution in [0.5, 0.6) is 0 Å². The van der Waals surface area contributed by atoms with Crippen LogP contribution in [-0.2, 0) is 16.2 Å². The zero-order valence-electron chi connectivity index (χ0n) is 12.6. The van der Waals surface area contributed by atoms with Gasteiger partial charge in [-0.1, -0.05) is 32.9 Å². The van der Waals surface area contributed by atoms with Crippen molar-refractivity contribution in [2.75, 3.05) is 0 Å². The third-order valence-electron chi connectivity index (χ3n) is 4.41. The highest BCUT2D eigenvalue weighted by Gasteiger charge is 2.26. The second-order valence-electron chi connectivity index (χ2n) is 5.91. The van der Waals surface area contributed by atoms with Crippen LogP contribution in [0.1, 0.15) is 56.0 Å². The van der Waals surface area contributed by atoms with E-state index in [-0.39, 0.29) is 6.10 Å². The molecule has 3 unspecified atom stereocenters. The zero-order chi connectivity index (χ0) is 14.5. The van der Waals surface area contributed by atoms with Crippen molar-refractivity contribution in [3.05, 3.63) is 35.4 Å². The summed E-state index contributed by atoms with van der Waals surface area (Å²) in [4.78, 5) is 22.2. The van der Waals surface area contributed by atoms with Gasteiger partial charge in [0.15, 0.2) is 0 Å². The molecule has 0 aliphatic heterocycles. The van der Waals surface area contributed by atoms with Gasteiger partial charge in [-0.25, -0.2) is 4.79 Å². The molecular weight excluding hydrogens is 252 g/mol. The molecule has 1 aliphatic carbocycles. The molecule has 1 saturated carbocycles. The summed E-state index contributed by atoms with van der Waals surface area (Å²) >= 11 is 0. The molecule has 1 aromatic rings. The van der Waals surface area contributed by atoms with Gasteiger partial charge in [0.2, 0.25) is 0 Å². The summed E-state index contributed by atoms with van der Waals surface area (Å²) in [5, 5.41) is 0. The maximum absolute atomic E-state index is 11.9. The Morgan fingerprint density at radius 3 is 2.45 bits per heavy atom. The number of carbonyl (C=O) groups is 1. The Kier molecular flexibility index (Phi) is 5.18. The monoisotopic (exact) mass is 276 g/mol. The van der Waals surface area contributed by atoms with Crippen LogP contribution in [0.25, 0.3) is 0 Å². The molecule has 20 heavy (non-hydrogen) atoms. The molecule has 3 heteroatoms. The van der Waals surface area contributed by atoms with Crippen LogP contribution in [0, 0.1) is 11.8 Å². The Morgan fingerprint density at radius 2 is 1.85 bits per heavy atom. The van der Waals surface area contributed by atoms with Gasteiger partial charge >= 0.3 is 5.97 Å². The third-order valence-corrected chi connectivity index (χ3v) is 4.41. The molecule has 0 amide bonds. The number of carbonyl (C=O) groups excluding carboxylic acids is 1. The Bertz CT molecular complexity index is 438. The van der Waals surface area contributed by atoms with Gasteiger partial charge in [-0.05, 0) is 55.2 Å². The van der Waals surface area contributed by atoms with Crippen LogP contribution >= 0.6 is 0 Å². The fourth-order valence-corrected chi connectivity index (χ4v) is 2.62. The minimum absolute atomic E-state index is 0.0417. The molecule has 1 aliphatic rings. The van der Waals surface area contributed by atoms with E-state index in [1.54, 1.807) is 12.1 Å². The summed E-state index contributed by atoms with van der Waals surface area (Å²) in [6.07, 6.45) is 4.06. The summed E-state index contributed by atoms with van der Waals surface area (Å²) < 4.78 is 0. The van der Waals surface area contributed by atoms with Crippen molar-refractivity contribution in [3.8, 4) is 0 Å². The lowest BCUT2D eigenvalue weighted by Gasteiger charge is -2.30. The van der Waals surface area contributed by atoms with Crippen molar-refractivity contribution in [1.29, 1.82) is 0 Å². The van der Waals surface area contributed by atoms with E-state index in [1.165, 1.54) is 5.56 Å². The summed E-state index contributed by atoms with van der Waals surface area (Å²) in [7, 11) is 0. The summed E-state index contributed by atoms with van der Waals surface area (Å²) in [5.41, 5.74) is 1.75. The maximum atomic E-state index is 11.9. The molecule has 0 N–H and O–H groups in total. The summed E-state index contributed by atoms with van der Waals surface area (Å²) in [6, 6.07) is 7.47. The Hall–Kier alpha value is -1.35. The maximum Gasteiger partial charge on any atom is 0.373 e. The highest BCUT2D eigenvalue weighted by molar-refractivity contribution is 5.88. The van der Waals surface area contributed by atoms with E-state index in [1.807, 2.05) is 12.1 Å². The number of rotatable bonds is 4. The predicted octanol–water partition coefficient (Wildman–Crippen LogP) is 4.16. The van der Waals surface area contributed by atoms with Gasteiger partial charge in [-0.3, -0.25) is 4.89 Å². The minimum Gasteiger partial charge on any atom is -0.293 e. The van der Waals surface area contributed by atoms with Gasteiger partial charge in [0, 0.05) is 0 Å². The molecule has 0 bridgehead atoms. The van der Waals surface area contributed by atoms with Crippen LogP contribution in [0.4, 0.5) is 0 Å². The highest BCUT2D eigenvalue weighted by Crippen LogP contribution is 2.31. The van der Waals surface area contributed by atoms with Crippen molar-refractivity contribution in [3.63, 3.8) is 0 Å². The highest BCUT2D eigenvalue weighted by atomic mass is 17.2. The first-order valence-corrected chi connectivity index (χ1v) is 7.56. The van der Waals surface area contributed by atoms with Crippen molar-refractivity contribution in [2.45, 2.75) is 52.6 Å². The molecule has 0 aromatic heterocycles. The normalized spacial score (nSPS) is 26.2. The van der Waals surface area contributed by atoms with E-state index in [0.717, 1.165) is 31.6 Å². The average molecular weight is 276 g/mol. The van der Waals surface area contributed by atoms with Gasteiger partial charge in [-0.2, -0.15) is 4.89 Å². The number of hydrogen-bond acceptors (Lipinski definition) is 3. The third kappa shape index (κ3) is 3.83. The number of hydrogen-bond donors (Lipinski definition) is 0. The molecule has 0 heterocycles. The zero-order valence-corrected chi connectivity index (χ0v) is 12.6. The molecule has 3 nitrogen and oxygen atoms in total. The van der Waals surface area contributed by atoms with Crippen LogP contribution in [0.3, 0.4) is 0 Å². The van der Waals surface area contributed by atoms with Gasteiger partial charge in [0.05, 0.1) is 5.56 Å². The molecule has 1 aromatic carbocycles. The Labute approximate surface area is 121 Å². The SMILES string of the molecule is CCc1ccc(C(=O)OOC2CCC(C)C(C)C2)cc1. The first-order chi connectivity index (χ1) is 9.60. The standard InChI is InChI=1S/C17H24O3/c1-4-14-6-8-15(9-7-14)17(18)20-19-16-10-5-12(2)13(3)11-16/h6-9,12-13,16H,4-5,10-11H2,1-3H3. The van der Waals surface area contributed by atoms with Crippen LogP contribution in [-0.4, -0.2) is 12.1 Å². The largest absolute Gasteiger partial charge is 0.373 e. The summed E-state index contributed by atoms with van der Waals surface area (Å²) in [6.45, 7) is 6.58. The first kappa shape index (κ1) is 15.0. The summed E-state index contributed by atoms with van der Waals surface area (Å²) in [5.74, 6) is 0.947. The van der Waals surface area contributed by atoms with Crippen LogP contribution in [0.15, 0.2) is 24.3 Å². The van der Waals surface area contributed by atoms with Crippen molar-refractivity contribution in [2.24, 2.45) is 11.8 Å². The van der Waals surface area contributed by atoms with Crippen molar-refractivity contribution in [1.82, 2.24) is 0 Å². The lowest BCUT2D eigenvalue weighted by molar-refractivity contribution is -0.283. The lowest BCUT2D eigenvalue weighted by atomic mass is 9.80. The molecule has 0 saturated heterocycles. The van der Waals surface area contributed by atoms with E-state index in [0.29, 0.717) is 11.5 Å². The van der Waals surface area contributed by atoms with Crippen LogP contribution < -0.4 is 0 Å². The number of benzene rings is 1. The second kappa shape index (κ2) is 6.89. The second-order valence-corrected chi connectivity index (χ2v) is 5.91. The molecule has 0 spiro atoms. The van der Waals surface area contributed by atoms with Crippen molar-refractivity contribution < 1.29 is 14.6 Å². The van der Waals surface area contributed by atoms with Crippen molar-refractivity contribution >= 4 is 5.97 Å². The fraction of sp³-hybridized carbons (Fsp3) is 0.588. The molecular formula is C17H24O3. The fourth-order valence-electron chi connectivity index (χ4n) is 2.62. The van der Waals surface area contributed by atoms with Gasteiger partial charge in [0.1, 0.15) is 6.10 Å². The Morgan fingerprint density at radius 1 is 1.15 bits per heavy atom. The average Bonchev–Trinajstić information content (AvgIpc) is 2.48. The quantitative estimate of drug-likeness (QED) is 0.612.